The summed E-state index contributed by atoms with van der Waals surface area (Å²) in [5.74, 6) is -1.05. The summed E-state index contributed by atoms with van der Waals surface area (Å²) < 4.78 is 31.6. The van der Waals surface area contributed by atoms with Crippen LogP contribution in [0, 0.1) is 35.5 Å². The van der Waals surface area contributed by atoms with Gasteiger partial charge in [-0.05, 0) is 127 Å². The van der Waals surface area contributed by atoms with Crippen molar-refractivity contribution < 1.29 is 48.3 Å². The molecule has 0 aromatic carbocycles. The monoisotopic (exact) mass is 904 g/mol. The van der Waals surface area contributed by atoms with Crippen LogP contribution >= 0.6 is 0 Å². The number of ketones is 1. The number of hydrogen-bond acceptors (Lipinski definition) is 12. The van der Waals surface area contributed by atoms with Crippen molar-refractivity contribution in [2.75, 3.05) is 20.1 Å². The van der Waals surface area contributed by atoms with Gasteiger partial charge >= 0.3 is 6.09 Å². The van der Waals surface area contributed by atoms with E-state index in [0.717, 1.165) is 5.76 Å². The molecule has 0 aromatic heterocycles. The highest BCUT2D eigenvalue weighted by Crippen LogP contribution is 2.45. The quantitative estimate of drug-likeness (QED) is 0.0715. The summed E-state index contributed by atoms with van der Waals surface area (Å²) in [4.78, 5) is 46.8. The second-order valence-electron chi connectivity index (χ2n) is 22.3. The van der Waals surface area contributed by atoms with E-state index < -0.39 is 88.8 Å². The number of Topliss-reactive ketones (excluding diaryl/α,β-unsaturated/α-hetero) is 1. The molecule has 2 aliphatic carbocycles. The molecule has 0 spiro atoms. The van der Waals surface area contributed by atoms with Gasteiger partial charge in [-0.1, -0.05) is 27.7 Å². The van der Waals surface area contributed by atoms with Crippen LogP contribution in [0.1, 0.15) is 142 Å². The Kier molecular flexibility index (Phi) is 17.4. The van der Waals surface area contributed by atoms with Crippen LogP contribution in [0.3, 0.4) is 0 Å². The van der Waals surface area contributed by atoms with Gasteiger partial charge in [0.2, 0.25) is 5.91 Å². The van der Waals surface area contributed by atoms with Crippen LogP contribution in [0.15, 0.2) is 29.3 Å². The largest absolute Gasteiger partial charge is 0.493 e. The fourth-order valence-corrected chi connectivity index (χ4v) is 10.1. The van der Waals surface area contributed by atoms with E-state index in [2.05, 4.69) is 27.5 Å². The van der Waals surface area contributed by atoms with E-state index in [-0.39, 0.29) is 29.4 Å². The molecule has 64 heavy (non-hydrogen) atoms. The number of amides is 2. The molecule has 2 aliphatic heterocycles. The highest BCUT2D eigenvalue weighted by Gasteiger charge is 2.53. The molecule has 0 bridgehead atoms. The number of aliphatic hydroxyl groups is 2. The smallest absolute Gasteiger partial charge is 0.408 e. The van der Waals surface area contributed by atoms with Crippen LogP contribution < -0.4 is 16.0 Å². The van der Waals surface area contributed by atoms with Crippen LogP contribution in [-0.2, 0) is 33.3 Å². The summed E-state index contributed by atoms with van der Waals surface area (Å²) in [6.07, 6.45) is 1.06. The van der Waals surface area contributed by atoms with Crippen LogP contribution in [0.4, 0.5) is 4.79 Å². The summed E-state index contributed by atoms with van der Waals surface area (Å²) in [6, 6.07) is -1.07. The molecule has 5 unspecified atom stereocenters. The number of allylic oxidation sites excluding steroid dienone is 1. The average molecular weight is 904 g/mol. The first-order valence-electron chi connectivity index (χ1n) is 23.7. The third-order valence-electron chi connectivity index (χ3n) is 13.4. The fraction of sp³-hybridized carbons (Fsp3) is 0.837. The fourth-order valence-electron chi connectivity index (χ4n) is 10.1. The Balaban J connectivity index is 1.71. The Morgan fingerprint density at radius 2 is 1.56 bits per heavy atom. The Hall–Kier alpha value is -3.56. The summed E-state index contributed by atoms with van der Waals surface area (Å²) in [5.41, 5.74) is -2.80. The normalized spacial score (nSPS) is 32.8. The SMILES string of the molecule is C=C(NC1C[C@@H](NC(=O)C(C)C2CN(C(=NC)OC(C)(C)C)C2)[C@H](OC2CC[C@](C)(O)[C@H](C(C)C(C)=O)C2C)[C@@H](O)[C@@H]1C[C@H]1OC(CC)=CC[C@H]1NC(=O)OC(C)(C)C)OC(C)(C)C. The van der Waals surface area contributed by atoms with Gasteiger partial charge in [-0.3, -0.25) is 9.59 Å². The number of aliphatic imine (C=N–C) groups is 1. The Bertz CT molecular complexity index is 1690. The molecule has 0 aromatic rings. The van der Waals surface area contributed by atoms with Gasteiger partial charge < -0.3 is 54.7 Å². The van der Waals surface area contributed by atoms with Crippen molar-refractivity contribution in [1.29, 1.82) is 0 Å². The maximum Gasteiger partial charge on any atom is 0.408 e. The Morgan fingerprint density at radius 1 is 0.953 bits per heavy atom. The minimum Gasteiger partial charge on any atom is -0.493 e. The minimum absolute atomic E-state index is 0.0133. The van der Waals surface area contributed by atoms with Gasteiger partial charge in [0, 0.05) is 62.2 Å². The zero-order valence-electron chi connectivity index (χ0n) is 42.0. The van der Waals surface area contributed by atoms with E-state index in [1.54, 1.807) is 20.9 Å². The number of amidine groups is 1. The highest BCUT2D eigenvalue weighted by molar-refractivity contribution is 5.80. The first-order chi connectivity index (χ1) is 29.4. The van der Waals surface area contributed by atoms with Gasteiger partial charge in [-0.2, -0.15) is 0 Å². The third-order valence-corrected chi connectivity index (χ3v) is 13.4. The zero-order valence-corrected chi connectivity index (χ0v) is 42.0. The summed E-state index contributed by atoms with van der Waals surface area (Å²) in [7, 11) is 1.70. The first-order valence-corrected chi connectivity index (χ1v) is 23.7. The summed E-state index contributed by atoms with van der Waals surface area (Å²) >= 11 is 0. The van der Waals surface area contributed by atoms with Gasteiger partial charge in [0.15, 0.2) is 5.88 Å². The predicted molar refractivity (Wildman–Crippen MR) is 248 cm³/mol. The zero-order chi connectivity index (χ0) is 48.3. The molecule has 0 radical (unpaired) electrons. The lowest BCUT2D eigenvalue weighted by Gasteiger charge is -2.52. The van der Waals surface area contributed by atoms with Crippen molar-refractivity contribution >= 4 is 23.8 Å². The van der Waals surface area contributed by atoms with E-state index in [1.807, 2.05) is 101 Å². The van der Waals surface area contributed by atoms with Crippen molar-refractivity contribution in [1.82, 2.24) is 20.9 Å². The number of rotatable bonds is 14. The molecule has 366 valence electrons. The molecule has 2 saturated carbocycles. The molecule has 4 rings (SSSR count). The highest BCUT2D eigenvalue weighted by atomic mass is 16.6. The number of hydrogen-bond donors (Lipinski definition) is 5. The Labute approximate surface area is 384 Å². The van der Waals surface area contributed by atoms with Gasteiger partial charge in [0.1, 0.15) is 34.8 Å². The molecular formula is C49H85N5O10. The molecule has 15 heteroatoms. The molecule has 13 atom stereocenters. The molecule has 3 fully saturated rings. The average Bonchev–Trinajstić information content (AvgIpc) is 3.12. The lowest BCUT2D eigenvalue weighted by atomic mass is 9.63. The lowest BCUT2D eigenvalue weighted by Crippen LogP contribution is -2.65. The van der Waals surface area contributed by atoms with Gasteiger partial charge in [-0.25, -0.2) is 9.79 Å². The van der Waals surface area contributed by atoms with Crippen LogP contribution in [0.25, 0.3) is 0 Å². The molecule has 2 heterocycles. The number of alkyl carbamates (subject to hydrolysis) is 1. The molecule has 15 nitrogen and oxygen atoms in total. The van der Waals surface area contributed by atoms with Crippen molar-refractivity contribution in [2.45, 2.75) is 207 Å². The van der Waals surface area contributed by atoms with Gasteiger partial charge in [-0.15, -0.1) is 0 Å². The van der Waals surface area contributed by atoms with Crippen molar-refractivity contribution in [2.24, 2.45) is 40.5 Å². The number of likely N-dealkylation sites (tertiary alicyclic amines) is 1. The standard InChI is InChI=1S/C49H85N5O10/c1-18-33-19-20-35(53-45(58)64-48(13,14)15)39(60-33)23-34-36(51-31(6)62-46(7,8)9)24-37(52-43(57)28(3)32-25-54(26-32)44(50-17)63-47(10,11)12)42(41(34)56)61-38-21-22-49(16,59)40(29(38)4)27(2)30(5)55/h19,27-29,32,34-42,51,56,59H,6,18,20-26H2,1-5,7-17H3,(H,52,57)(H,53,58)/t27?,28?,29?,34-,35-,36?,37-,38?,39-,40-,41+,42+,49+/m1/s1. The number of carbonyl (C=O) groups is 3. The number of nitrogens with one attached hydrogen (secondary N) is 3. The lowest BCUT2D eigenvalue weighted by molar-refractivity contribution is -0.192. The van der Waals surface area contributed by atoms with E-state index in [4.69, 9.17) is 23.7 Å². The maximum absolute atomic E-state index is 14.4. The van der Waals surface area contributed by atoms with Crippen LogP contribution in [0.5, 0.6) is 0 Å². The number of ether oxygens (including phenoxy) is 5. The topological polar surface area (TPSA) is 190 Å². The third kappa shape index (κ3) is 14.2. The number of aliphatic hydroxyl groups excluding tert-OH is 1. The van der Waals surface area contributed by atoms with E-state index in [9.17, 15) is 24.6 Å². The predicted octanol–water partition coefficient (Wildman–Crippen LogP) is 6.61. The molecular weight excluding hydrogens is 819 g/mol. The number of carbonyl (C=O) groups excluding carboxylic acids is 3. The Morgan fingerprint density at radius 3 is 2.11 bits per heavy atom. The van der Waals surface area contributed by atoms with E-state index in [1.165, 1.54) is 0 Å². The molecule has 2 amide bonds. The summed E-state index contributed by atoms with van der Waals surface area (Å²) in [5, 5.41) is 34.4. The van der Waals surface area contributed by atoms with Crippen LogP contribution in [0.2, 0.25) is 0 Å². The molecule has 4 aliphatic rings. The molecule has 5 N–H and O–H groups in total. The van der Waals surface area contributed by atoms with Crippen LogP contribution in [-0.4, -0.2) is 124 Å². The van der Waals surface area contributed by atoms with Gasteiger partial charge in [0.05, 0.1) is 35.7 Å². The van der Waals surface area contributed by atoms with Crippen molar-refractivity contribution in [3.63, 3.8) is 0 Å². The molecule has 1 saturated heterocycles. The van der Waals surface area contributed by atoms with E-state index in [0.29, 0.717) is 63.5 Å². The van der Waals surface area contributed by atoms with E-state index >= 15 is 0 Å². The van der Waals surface area contributed by atoms with Crippen molar-refractivity contribution in [3.05, 3.63) is 24.3 Å². The second-order valence-corrected chi connectivity index (χ2v) is 22.3. The summed E-state index contributed by atoms with van der Waals surface area (Å²) in [6.45, 7) is 33.7. The first kappa shape index (κ1) is 53.1. The minimum atomic E-state index is -1.16. The van der Waals surface area contributed by atoms with Gasteiger partial charge in [0.25, 0.3) is 6.02 Å². The number of nitrogens with zero attached hydrogens (tertiary/aromatic N) is 2. The second kappa shape index (κ2) is 20.9. The maximum atomic E-state index is 14.4. The van der Waals surface area contributed by atoms with Crippen molar-refractivity contribution in [3.8, 4) is 0 Å².